The fraction of sp³-hybridized carbons (Fsp3) is 0.286. The normalized spacial score (nSPS) is 11.1. The third-order valence-corrected chi connectivity index (χ3v) is 3.28. The highest BCUT2D eigenvalue weighted by molar-refractivity contribution is 5.83. The molecule has 0 saturated carbocycles. The lowest BCUT2D eigenvalue weighted by Gasteiger charge is -2.20. The van der Waals surface area contributed by atoms with Gasteiger partial charge in [0, 0.05) is 5.54 Å². The van der Waals surface area contributed by atoms with Gasteiger partial charge in [-0.15, -0.1) is 0 Å². The molecular weight excluding hydrogens is 358 g/mol. The molecule has 2 amide bonds. The highest BCUT2D eigenvalue weighted by atomic mass is 16.5. The zero-order chi connectivity index (χ0) is 20.4. The smallest absolute Gasteiger partial charge is 0.277 e. The van der Waals surface area contributed by atoms with E-state index in [-0.39, 0.29) is 30.6 Å². The van der Waals surface area contributed by atoms with E-state index in [0.29, 0.717) is 11.5 Å². The van der Waals surface area contributed by atoms with E-state index in [9.17, 15) is 9.59 Å². The summed E-state index contributed by atoms with van der Waals surface area (Å²) in [6.45, 7) is 5.55. The minimum absolute atomic E-state index is 0.0534. The standard InChI is InChI=1S/C21H25N3O4/c1-21(2,3)23-19(25)14-27-18-11-9-16(10-12-18)13-22-24-20(26)15-28-17-7-5-4-6-8-17/h4-13H,14-15H2,1-3H3,(H,23,25)(H,24,26)/b22-13-. The van der Waals surface area contributed by atoms with Crippen LogP contribution in [-0.2, 0) is 9.59 Å². The summed E-state index contributed by atoms with van der Waals surface area (Å²) in [7, 11) is 0. The Morgan fingerprint density at radius 1 is 0.893 bits per heavy atom. The first-order chi connectivity index (χ1) is 13.3. The monoisotopic (exact) mass is 383 g/mol. The van der Waals surface area contributed by atoms with Crippen molar-refractivity contribution in [2.75, 3.05) is 13.2 Å². The number of hydrogen-bond donors (Lipinski definition) is 2. The summed E-state index contributed by atoms with van der Waals surface area (Å²) in [5.74, 6) is 0.651. The van der Waals surface area contributed by atoms with Gasteiger partial charge in [-0.2, -0.15) is 5.10 Å². The maximum absolute atomic E-state index is 11.7. The maximum atomic E-state index is 11.7. The van der Waals surface area contributed by atoms with Gasteiger partial charge in [0.25, 0.3) is 11.8 Å². The van der Waals surface area contributed by atoms with Crippen LogP contribution in [0.15, 0.2) is 59.7 Å². The SMILES string of the molecule is CC(C)(C)NC(=O)COc1ccc(/C=N\NC(=O)COc2ccccc2)cc1. The second kappa shape index (κ2) is 10.1. The van der Waals surface area contributed by atoms with Crippen molar-refractivity contribution in [1.29, 1.82) is 0 Å². The molecule has 28 heavy (non-hydrogen) atoms. The number of carbonyl (C=O) groups excluding carboxylic acids is 2. The lowest BCUT2D eigenvalue weighted by Crippen LogP contribution is -2.43. The van der Waals surface area contributed by atoms with E-state index in [1.54, 1.807) is 36.4 Å². The van der Waals surface area contributed by atoms with Crippen LogP contribution in [0.5, 0.6) is 11.5 Å². The Morgan fingerprint density at radius 3 is 2.07 bits per heavy atom. The minimum atomic E-state index is -0.357. The summed E-state index contributed by atoms with van der Waals surface area (Å²) in [6.07, 6.45) is 1.51. The van der Waals surface area contributed by atoms with Gasteiger partial charge in [-0.25, -0.2) is 5.43 Å². The molecule has 0 bridgehead atoms. The molecule has 0 saturated heterocycles. The predicted octanol–water partition coefficient (Wildman–Crippen LogP) is 2.51. The van der Waals surface area contributed by atoms with Gasteiger partial charge in [-0.05, 0) is 62.7 Å². The molecule has 148 valence electrons. The molecule has 0 aromatic heterocycles. The van der Waals surface area contributed by atoms with Crippen LogP contribution >= 0.6 is 0 Å². The summed E-state index contributed by atoms with van der Waals surface area (Å²) in [5.41, 5.74) is 2.88. The first-order valence-corrected chi connectivity index (χ1v) is 8.85. The van der Waals surface area contributed by atoms with Crippen LogP contribution in [-0.4, -0.2) is 36.8 Å². The van der Waals surface area contributed by atoms with Crippen LogP contribution in [0.2, 0.25) is 0 Å². The topological polar surface area (TPSA) is 89.0 Å². The highest BCUT2D eigenvalue weighted by Gasteiger charge is 2.13. The zero-order valence-electron chi connectivity index (χ0n) is 16.3. The van der Waals surface area contributed by atoms with Crippen LogP contribution in [0.25, 0.3) is 0 Å². The molecule has 0 aliphatic rings. The Kier molecular flexibility index (Phi) is 7.56. The third-order valence-electron chi connectivity index (χ3n) is 3.28. The van der Waals surface area contributed by atoms with Gasteiger partial charge in [0.15, 0.2) is 13.2 Å². The summed E-state index contributed by atoms with van der Waals surface area (Å²) in [5, 5.41) is 6.71. The molecule has 2 rings (SSSR count). The van der Waals surface area contributed by atoms with E-state index in [2.05, 4.69) is 15.8 Å². The van der Waals surface area contributed by atoms with Gasteiger partial charge in [0.2, 0.25) is 0 Å². The number of nitrogens with zero attached hydrogens (tertiary/aromatic N) is 1. The second-order valence-electron chi connectivity index (χ2n) is 7.05. The van der Waals surface area contributed by atoms with Crippen molar-refractivity contribution in [2.24, 2.45) is 5.10 Å². The lowest BCUT2D eigenvalue weighted by molar-refractivity contribution is -0.124. The molecule has 0 atom stereocenters. The van der Waals surface area contributed by atoms with E-state index in [0.717, 1.165) is 5.56 Å². The van der Waals surface area contributed by atoms with E-state index in [1.165, 1.54) is 6.21 Å². The Labute approximate surface area is 164 Å². The Morgan fingerprint density at radius 2 is 1.46 bits per heavy atom. The minimum Gasteiger partial charge on any atom is -0.484 e. The molecular formula is C21H25N3O4. The van der Waals surface area contributed by atoms with Gasteiger partial charge in [0.1, 0.15) is 11.5 Å². The predicted molar refractivity (Wildman–Crippen MR) is 108 cm³/mol. The van der Waals surface area contributed by atoms with Crippen molar-refractivity contribution < 1.29 is 19.1 Å². The first kappa shape index (κ1) is 21.0. The maximum Gasteiger partial charge on any atom is 0.277 e. The molecule has 0 radical (unpaired) electrons. The average Bonchev–Trinajstić information content (AvgIpc) is 2.65. The van der Waals surface area contributed by atoms with Gasteiger partial charge >= 0.3 is 0 Å². The first-order valence-electron chi connectivity index (χ1n) is 8.85. The number of carbonyl (C=O) groups is 2. The van der Waals surface area contributed by atoms with Crippen LogP contribution in [0.4, 0.5) is 0 Å². The van der Waals surface area contributed by atoms with Crippen molar-refractivity contribution >= 4 is 18.0 Å². The van der Waals surface area contributed by atoms with Crippen molar-refractivity contribution in [1.82, 2.24) is 10.7 Å². The molecule has 0 unspecified atom stereocenters. The molecule has 0 spiro atoms. The van der Waals surface area contributed by atoms with Crippen LogP contribution in [0.3, 0.4) is 0 Å². The highest BCUT2D eigenvalue weighted by Crippen LogP contribution is 2.11. The molecule has 2 aromatic rings. The molecule has 0 fully saturated rings. The second-order valence-corrected chi connectivity index (χ2v) is 7.05. The van der Waals surface area contributed by atoms with Crippen molar-refractivity contribution in [2.45, 2.75) is 26.3 Å². The Balaban J connectivity index is 1.72. The van der Waals surface area contributed by atoms with E-state index < -0.39 is 0 Å². The molecule has 0 aliphatic heterocycles. The van der Waals surface area contributed by atoms with Gasteiger partial charge < -0.3 is 14.8 Å². The molecule has 0 heterocycles. The largest absolute Gasteiger partial charge is 0.484 e. The summed E-state index contributed by atoms with van der Waals surface area (Å²) in [4.78, 5) is 23.4. The van der Waals surface area contributed by atoms with Crippen molar-refractivity contribution in [3.8, 4) is 11.5 Å². The summed E-state index contributed by atoms with van der Waals surface area (Å²) >= 11 is 0. The molecule has 7 heteroatoms. The molecule has 7 nitrogen and oxygen atoms in total. The molecule has 0 aliphatic carbocycles. The zero-order valence-corrected chi connectivity index (χ0v) is 16.3. The van der Waals surface area contributed by atoms with Gasteiger partial charge in [-0.3, -0.25) is 9.59 Å². The molecule has 2 N–H and O–H groups in total. The number of hydrogen-bond acceptors (Lipinski definition) is 5. The van der Waals surface area contributed by atoms with Crippen LogP contribution < -0.4 is 20.2 Å². The van der Waals surface area contributed by atoms with Gasteiger partial charge in [0.05, 0.1) is 6.21 Å². The number of amides is 2. The van der Waals surface area contributed by atoms with Gasteiger partial charge in [-0.1, -0.05) is 18.2 Å². The number of para-hydroxylation sites is 1. The Bertz CT molecular complexity index is 797. The number of rotatable bonds is 8. The van der Waals surface area contributed by atoms with Crippen molar-refractivity contribution in [3.05, 3.63) is 60.2 Å². The van der Waals surface area contributed by atoms with E-state index in [4.69, 9.17) is 9.47 Å². The average molecular weight is 383 g/mol. The van der Waals surface area contributed by atoms with E-state index >= 15 is 0 Å². The molecule has 2 aromatic carbocycles. The number of benzene rings is 2. The number of hydrazone groups is 1. The fourth-order valence-corrected chi connectivity index (χ4v) is 2.13. The third kappa shape index (κ3) is 8.35. The number of nitrogens with one attached hydrogen (secondary N) is 2. The lowest BCUT2D eigenvalue weighted by atomic mass is 10.1. The van der Waals surface area contributed by atoms with Crippen LogP contribution in [0.1, 0.15) is 26.3 Å². The fourth-order valence-electron chi connectivity index (χ4n) is 2.13. The van der Waals surface area contributed by atoms with Crippen LogP contribution in [0, 0.1) is 0 Å². The number of ether oxygens (including phenoxy) is 2. The quantitative estimate of drug-likeness (QED) is 0.541. The Hall–Kier alpha value is -3.35. The summed E-state index contributed by atoms with van der Waals surface area (Å²) < 4.78 is 10.8. The van der Waals surface area contributed by atoms with E-state index in [1.807, 2.05) is 39.0 Å². The summed E-state index contributed by atoms with van der Waals surface area (Å²) in [6, 6.07) is 16.1. The van der Waals surface area contributed by atoms with Crippen molar-refractivity contribution in [3.63, 3.8) is 0 Å².